The smallest absolute Gasteiger partial charge is 0.223 e. The molecule has 1 amide bonds. The number of hydrogen-bond donors (Lipinski definition) is 2. The summed E-state index contributed by atoms with van der Waals surface area (Å²) in [5.74, 6) is 0.340. The van der Waals surface area contributed by atoms with Crippen LogP contribution in [-0.4, -0.2) is 34.6 Å². The lowest BCUT2D eigenvalue weighted by molar-refractivity contribution is -0.126. The molecule has 3 heterocycles. The van der Waals surface area contributed by atoms with Gasteiger partial charge in [-0.1, -0.05) is 0 Å². The van der Waals surface area contributed by atoms with Crippen molar-refractivity contribution in [2.24, 2.45) is 5.92 Å². The number of rotatable bonds is 2. The number of carbonyl (C=O) groups is 1. The van der Waals surface area contributed by atoms with E-state index >= 15 is 0 Å². The number of piperidine rings is 1. The van der Waals surface area contributed by atoms with Crippen LogP contribution in [0.3, 0.4) is 0 Å². The fraction of sp³-hybridized carbons (Fsp3) is 0.692. The van der Waals surface area contributed by atoms with Gasteiger partial charge >= 0.3 is 0 Å². The molecular formula is C13H20N4O. The summed E-state index contributed by atoms with van der Waals surface area (Å²) in [6, 6.07) is 0.318. The van der Waals surface area contributed by atoms with Gasteiger partial charge in [-0.2, -0.15) is 0 Å². The average molecular weight is 248 g/mol. The number of hydrogen-bond acceptors (Lipinski definition) is 3. The summed E-state index contributed by atoms with van der Waals surface area (Å²) in [6.07, 6.45) is 7.74. The van der Waals surface area contributed by atoms with Gasteiger partial charge in [-0.25, -0.2) is 4.98 Å². The van der Waals surface area contributed by atoms with Crippen molar-refractivity contribution in [1.29, 1.82) is 0 Å². The number of nitrogens with zero attached hydrogens (tertiary/aromatic N) is 2. The number of imidazole rings is 1. The van der Waals surface area contributed by atoms with Crippen LogP contribution in [0.4, 0.5) is 0 Å². The molecule has 0 aliphatic carbocycles. The first-order valence-electron chi connectivity index (χ1n) is 6.83. The number of aromatic nitrogens is 2. The first-order chi connectivity index (χ1) is 8.83. The average Bonchev–Trinajstić information content (AvgIpc) is 2.87. The number of amides is 1. The Bertz CT molecular complexity index is 422. The van der Waals surface area contributed by atoms with Crippen LogP contribution in [0, 0.1) is 5.92 Å². The number of fused-ring (bicyclic) bond motifs is 1. The maximum Gasteiger partial charge on any atom is 0.223 e. The van der Waals surface area contributed by atoms with Crippen molar-refractivity contribution in [1.82, 2.24) is 20.2 Å². The minimum Gasteiger partial charge on any atom is -0.352 e. The predicted octanol–water partition coefficient (Wildman–Crippen LogP) is 0.314. The lowest BCUT2D eigenvalue weighted by Gasteiger charge is -2.28. The standard InChI is InChI=1S/C13H20N4O/c18-13(16-11-2-1-4-14-7-11)10-3-5-17-9-15-8-12(17)6-10/h8-11,14H,1-7H2,(H,16,18). The highest BCUT2D eigenvalue weighted by atomic mass is 16.1. The quantitative estimate of drug-likeness (QED) is 0.792. The van der Waals surface area contributed by atoms with Crippen molar-refractivity contribution < 1.29 is 4.79 Å². The molecule has 2 unspecified atom stereocenters. The molecule has 2 atom stereocenters. The Morgan fingerprint density at radius 2 is 2.44 bits per heavy atom. The van der Waals surface area contributed by atoms with Gasteiger partial charge in [-0.15, -0.1) is 0 Å². The Balaban J connectivity index is 1.57. The minimum absolute atomic E-state index is 0.121. The van der Waals surface area contributed by atoms with E-state index in [9.17, 15) is 4.79 Å². The summed E-state index contributed by atoms with van der Waals surface area (Å²) in [5.41, 5.74) is 1.18. The monoisotopic (exact) mass is 248 g/mol. The van der Waals surface area contributed by atoms with Gasteiger partial charge in [0, 0.05) is 43.4 Å². The van der Waals surface area contributed by atoms with Gasteiger partial charge in [0.15, 0.2) is 0 Å². The predicted molar refractivity (Wildman–Crippen MR) is 68.1 cm³/mol. The largest absolute Gasteiger partial charge is 0.352 e. The van der Waals surface area contributed by atoms with Crippen molar-refractivity contribution in [2.75, 3.05) is 13.1 Å². The number of nitrogens with one attached hydrogen (secondary N) is 2. The fourth-order valence-electron chi connectivity index (χ4n) is 2.89. The second-order valence-corrected chi connectivity index (χ2v) is 5.32. The fourth-order valence-corrected chi connectivity index (χ4v) is 2.89. The Morgan fingerprint density at radius 3 is 3.28 bits per heavy atom. The summed E-state index contributed by atoms with van der Waals surface area (Å²) in [5, 5.41) is 6.51. The zero-order valence-electron chi connectivity index (χ0n) is 10.6. The van der Waals surface area contributed by atoms with Gasteiger partial charge in [-0.05, 0) is 25.8 Å². The highest BCUT2D eigenvalue weighted by Crippen LogP contribution is 2.20. The lowest BCUT2D eigenvalue weighted by atomic mass is 9.94. The van der Waals surface area contributed by atoms with Crippen molar-refractivity contribution in [3.63, 3.8) is 0 Å². The lowest BCUT2D eigenvalue weighted by Crippen LogP contribution is -2.48. The Hall–Kier alpha value is -1.36. The molecular weight excluding hydrogens is 228 g/mol. The van der Waals surface area contributed by atoms with Gasteiger partial charge in [0.2, 0.25) is 5.91 Å². The molecule has 0 radical (unpaired) electrons. The zero-order valence-corrected chi connectivity index (χ0v) is 10.6. The normalized spacial score (nSPS) is 27.6. The van der Waals surface area contributed by atoms with Crippen LogP contribution in [0.5, 0.6) is 0 Å². The second-order valence-electron chi connectivity index (χ2n) is 5.32. The summed E-state index contributed by atoms with van der Waals surface area (Å²) in [4.78, 5) is 16.4. The molecule has 1 saturated heterocycles. The highest BCUT2D eigenvalue weighted by Gasteiger charge is 2.26. The molecule has 98 valence electrons. The van der Waals surface area contributed by atoms with Crippen molar-refractivity contribution in [3.8, 4) is 0 Å². The van der Waals surface area contributed by atoms with E-state index in [1.807, 2.05) is 12.5 Å². The van der Waals surface area contributed by atoms with Crippen LogP contribution in [-0.2, 0) is 17.8 Å². The molecule has 1 aromatic heterocycles. The third-order valence-corrected chi connectivity index (χ3v) is 3.99. The van der Waals surface area contributed by atoms with E-state index in [0.717, 1.165) is 45.3 Å². The van der Waals surface area contributed by atoms with Gasteiger partial charge in [0.25, 0.3) is 0 Å². The molecule has 2 aliphatic rings. The molecule has 1 aromatic rings. The molecule has 0 saturated carbocycles. The minimum atomic E-state index is 0.121. The Labute approximate surface area is 107 Å². The SMILES string of the molecule is O=C(NC1CCCNC1)C1CCn2cncc2C1. The van der Waals surface area contributed by atoms with E-state index in [1.54, 1.807) is 0 Å². The molecule has 0 bridgehead atoms. The first kappa shape index (κ1) is 11.7. The number of carbonyl (C=O) groups excluding carboxylic acids is 1. The van der Waals surface area contributed by atoms with Crippen molar-refractivity contribution in [2.45, 2.75) is 38.3 Å². The first-order valence-corrected chi connectivity index (χ1v) is 6.83. The van der Waals surface area contributed by atoms with Crippen molar-refractivity contribution >= 4 is 5.91 Å². The van der Waals surface area contributed by atoms with E-state index in [2.05, 4.69) is 20.2 Å². The maximum atomic E-state index is 12.2. The molecule has 3 rings (SSSR count). The Morgan fingerprint density at radius 1 is 1.50 bits per heavy atom. The molecule has 18 heavy (non-hydrogen) atoms. The van der Waals surface area contributed by atoms with E-state index in [1.165, 1.54) is 5.69 Å². The van der Waals surface area contributed by atoms with Crippen LogP contribution < -0.4 is 10.6 Å². The van der Waals surface area contributed by atoms with E-state index in [0.29, 0.717) is 6.04 Å². The third kappa shape index (κ3) is 2.41. The highest BCUT2D eigenvalue weighted by molar-refractivity contribution is 5.79. The molecule has 0 spiro atoms. The van der Waals surface area contributed by atoms with Crippen LogP contribution in [0.25, 0.3) is 0 Å². The molecule has 5 heteroatoms. The van der Waals surface area contributed by atoms with Gasteiger partial charge in [-0.3, -0.25) is 4.79 Å². The molecule has 1 fully saturated rings. The summed E-state index contributed by atoms with van der Waals surface area (Å²) in [6.45, 7) is 2.90. The van der Waals surface area contributed by atoms with Crippen LogP contribution >= 0.6 is 0 Å². The van der Waals surface area contributed by atoms with Gasteiger partial charge in [0.1, 0.15) is 0 Å². The number of aryl methyl sites for hydroxylation is 1. The topological polar surface area (TPSA) is 59.0 Å². The summed E-state index contributed by atoms with van der Waals surface area (Å²) >= 11 is 0. The maximum absolute atomic E-state index is 12.2. The molecule has 2 N–H and O–H groups in total. The van der Waals surface area contributed by atoms with Crippen LogP contribution in [0.1, 0.15) is 25.0 Å². The zero-order chi connectivity index (χ0) is 12.4. The van der Waals surface area contributed by atoms with Gasteiger partial charge < -0.3 is 15.2 Å². The summed E-state index contributed by atoms with van der Waals surface area (Å²) in [7, 11) is 0. The van der Waals surface area contributed by atoms with Crippen LogP contribution in [0.2, 0.25) is 0 Å². The molecule has 5 nitrogen and oxygen atoms in total. The molecule has 0 aromatic carbocycles. The summed E-state index contributed by atoms with van der Waals surface area (Å²) < 4.78 is 2.14. The Kier molecular flexibility index (Phi) is 3.32. The second kappa shape index (κ2) is 5.10. The third-order valence-electron chi connectivity index (χ3n) is 3.99. The van der Waals surface area contributed by atoms with E-state index in [4.69, 9.17) is 0 Å². The van der Waals surface area contributed by atoms with Crippen molar-refractivity contribution in [3.05, 3.63) is 18.2 Å². The van der Waals surface area contributed by atoms with E-state index < -0.39 is 0 Å². The van der Waals surface area contributed by atoms with Gasteiger partial charge in [0.05, 0.1) is 6.33 Å². The molecule has 2 aliphatic heterocycles. The van der Waals surface area contributed by atoms with Crippen LogP contribution in [0.15, 0.2) is 12.5 Å². The van der Waals surface area contributed by atoms with E-state index in [-0.39, 0.29) is 11.8 Å².